The number of benzene rings is 9. The topological polar surface area (TPSA) is 389 Å². The van der Waals surface area contributed by atoms with Crippen LogP contribution in [0.15, 0.2) is 294 Å². The average Bonchev–Trinajstić information content (AvgIpc) is 1.60. The van der Waals surface area contributed by atoms with Crippen LogP contribution >= 0.6 is 0 Å². The SMILES string of the molecule is CN(C(=O)/C=C/C[N+](C)([O-])C1CC1)c1cccc(-n2c(=O)n(-c3ccc(Oc4cccc(F)c4)cc3)c3c(N)ncnc32)c1.COCC[N+](C)(C)C/C=C/C(=O)N(C)c1cccc(-n2c(=O)n(-c3ccc(Oc4ccccc4)cc3)c3c(N)ncnc32)c1.C[N+]([O-])(C/C=C/C(=O)N1CCOc2ccc(-n3c(=O)n(-c4ccc(Oc5ccccc5)cc4)c4c(N)ncnc43)cc21)C1CC1. The van der Waals surface area contributed by atoms with Crippen LogP contribution < -0.4 is 67.9 Å². The quantitative estimate of drug-likeness (QED) is 0.0233. The zero-order chi connectivity index (χ0) is 93.4. The molecular weight excluding hydrogens is 1700 g/mol. The highest BCUT2D eigenvalue weighted by Gasteiger charge is 2.37. The number of carbonyl (C=O) groups is 3. The molecule has 0 bridgehead atoms. The standard InChI is InChI=1S/C33H31N7O5.C33H36N7O4.C32H30FN7O4/c1-40(43,24-12-13-24)18-5-8-29(41)37-17-19-44-28-16-11-23(20-27(28)37)39-32-30(31(34)35-21-36-32)38(33(39)42)22-9-14-26(15-10-22)45-25-6-3-2-4-7-25;1-37(29(41)14-9-19-40(2,3)20-21-43-4)25-10-8-11-26(22-25)39-32-30(31(34)35-23-36-32)38(33(39)42)24-15-17-28(18-16-24)44-27-12-6-5-7-13-27;1-37(28(41)10-5-17-40(2,43)25-13-14-25)23-7-4-8-24(19-23)39-31-29(30(34)35-20-36-31)38(32(39)42)22-11-15-26(16-12-22)44-27-9-3-6-21(33)18-27/h2-11,14-16,20-21,24H,12-13,17-19H2,1H3,(H2,34,35,36);5-18,22-23H,19-21H2,1-4H3,(H2,34,35,36);3-12,15-16,18-20,25H,13-14,17H2,1-2H3,(H2,34,35,36)/q;+1;/b8-5+;14-9+;10-5+. The van der Waals surface area contributed by atoms with Crippen molar-refractivity contribution in [3.63, 3.8) is 0 Å². The summed E-state index contributed by atoms with van der Waals surface area (Å²) in [4.78, 5) is 112. The molecule has 3 amide bonds. The van der Waals surface area contributed by atoms with E-state index in [0.717, 1.165) is 32.2 Å². The second-order valence-corrected chi connectivity index (χ2v) is 33.1. The van der Waals surface area contributed by atoms with Crippen molar-refractivity contribution in [3.05, 3.63) is 328 Å². The van der Waals surface area contributed by atoms with Gasteiger partial charge in [-0.3, -0.25) is 28.1 Å². The molecule has 2 fully saturated rings. The number of fused-ring (bicyclic) bond motifs is 4. The number of imidazole rings is 3. The molecule has 2 aliphatic carbocycles. The summed E-state index contributed by atoms with van der Waals surface area (Å²) in [6.07, 6.45) is 17.1. The van der Waals surface area contributed by atoms with E-state index in [1.165, 1.54) is 80.5 Å². The average molecular weight is 1800 g/mol. The maximum absolute atomic E-state index is 14.1. The van der Waals surface area contributed by atoms with E-state index in [4.69, 9.17) is 40.9 Å². The second-order valence-electron chi connectivity index (χ2n) is 33.1. The number of likely N-dealkylation sites (N-methyl/N-ethyl adjacent to an activating group) is 5. The minimum Gasteiger partial charge on any atom is -0.633 e. The number of hydrogen-bond donors (Lipinski definition) is 3. The molecular formula is C98H97FN21O13+. The van der Waals surface area contributed by atoms with Gasteiger partial charge in [-0.25, -0.2) is 62.4 Å². The molecule has 6 aromatic heterocycles. The molecule has 18 rings (SSSR count). The molecule has 2 saturated carbocycles. The molecule has 0 radical (unpaired) electrons. The van der Waals surface area contributed by atoms with Crippen LogP contribution in [0.4, 0.5) is 38.9 Å². The number of quaternary nitrogens is 3. The Morgan fingerprint density at radius 1 is 0.451 bits per heavy atom. The van der Waals surface area contributed by atoms with Gasteiger partial charge in [0.25, 0.3) is 17.7 Å². The highest BCUT2D eigenvalue weighted by Crippen LogP contribution is 2.38. The summed E-state index contributed by atoms with van der Waals surface area (Å²) < 4.78 is 50.7. The number of hydroxylamine groups is 6. The zero-order valence-corrected chi connectivity index (χ0v) is 74.0. The van der Waals surface area contributed by atoms with Gasteiger partial charge in [0.2, 0.25) is 0 Å². The molecule has 0 saturated heterocycles. The monoisotopic (exact) mass is 1790 g/mol. The third-order valence-electron chi connectivity index (χ3n) is 23.0. The molecule has 2 unspecified atom stereocenters. The molecule has 9 aromatic carbocycles. The van der Waals surface area contributed by atoms with E-state index in [0.29, 0.717) is 150 Å². The first-order chi connectivity index (χ1) is 64.1. The van der Waals surface area contributed by atoms with Crippen molar-refractivity contribution in [1.82, 2.24) is 57.3 Å². The second kappa shape index (κ2) is 38.7. The summed E-state index contributed by atoms with van der Waals surface area (Å²) in [5, 5.41) is 25.2. The lowest BCUT2D eigenvalue weighted by molar-refractivity contribution is -0.884. The summed E-state index contributed by atoms with van der Waals surface area (Å²) in [6.45, 7) is 3.22. The number of nitrogen functional groups attached to an aromatic ring is 3. The molecule has 133 heavy (non-hydrogen) atoms. The van der Waals surface area contributed by atoms with E-state index in [2.05, 4.69) is 44.0 Å². The molecule has 3 aliphatic rings. The van der Waals surface area contributed by atoms with Crippen LogP contribution in [0.5, 0.6) is 40.2 Å². The van der Waals surface area contributed by atoms with Gasteiger partial charge >= 0.3 is 17.1 Å². The van der Waals surface area contributed by atoms with Crippen LogP contribution in [-0.4, -0.2) is 196 Å². The largest absolute Gasteiger partial charge is 0.633 e. The van der Waals surface area contributed by atoms with Gasteiger partial charge in [0.05, 0.1) is 113 Å². The fourth-order valence-electron chi connectivity index (χ4n) is 15.4. The van der Waals surface area contributed by atoms with Gasteiger partial charge in [0.1, 0.15) is 94.7 Å². The first-order valence-corrected chi connectivity index (χ1v) is 42.8. The lowest BCUT2D eigenvalue weighted by Crippen LogP contribution is -2.42. The minimum absolute atomic E-state index is 0.106. The van der Waals surface area contributed by atoms with Gasteiger partial charge in [-0.2, -0.15) is 0 Å². The predicted octanol–water partition coefficient (Wildman–Crippen LogP) is 13.2. The highest BCUT2D eigenvalue weighted by atomic mass is 19.1. The van der Waals surface area contributed by atoms with E-state index in [-0.39, 0.29) is 81.0 Å². The predicted molar refractivity (Wildman–Crippen MR) is 507 cm³/mol. The number of aromatic nitrogens is 12. The van der Waals surface area contributed by atoms with Gasteiger partial charge in [-0.1, -0.05) is 54.6 Å². The van der Waals surface area contributed by atoms with E-state index < -0.39 is 17.2 Å². The van der Waals surface area contributed by atoms with Crippen molar-refractivity contribution in [2.24, 2.45) is 0 Å². The molecule has 35 heteroatoms. The number of nitrogens with zero attached hydrogens (tertiary/aromatic N) is 18. The number of hydrogen-bond acceptors (Lipinski definition) is 22. The van der Waals surface area contributed by atoms with Crippen molar-refractivity contribution >= 4 is 85.7 Å². The summed E-state index contributed by atoms with van der Waals surface area (Å²) in [5.41, 5.74) is 24.3. The Morgan fingerprint density at radius 3 is 1.24 bits per heavy atom. The van der Waals surface area contributed by atoms with Crippen molar-refractivity contribution < 1.29 is 56.2 Å². The third-order valence-corrected chi connectivity index (χ3v) is 23.0. The van der Waals surface area contributed by atoms with Crippen molar-refractivity contribution in [1.29, 1.82) is 0 Å². The van der Waals surface area contributed by atoms with Gasteiger partial charge in [-0.15, -0.1) is 0 Å². The maximum atomic E-state index is 14.1. The first-order valence-electron chi connectivity index (χ1n) is 42.8. The lowest BCUT2D eigenvalue weighted by Gasteiger charge is -2.38. The van der Waals surface area contributed by atoms with Crippen molar-refractivity contribution in [2.75, 3.05) is 127 Å². The third kappa shape index (κ3) is 20.2. The maximum Gasteiger partial charge on any atom is 0.339 e. The molecule has 34 nitrogen and oxygen atoms in total. The van der Waals surface area contributed by atoms with Crippen LogP contribution in [0.3, 0.4) is 0 Å². The smallest absolute Gasteiger partial charge is 0.339 e. The summed E-state index contributed by atoms with van der Waals surface area (Å²) in [7, 11) is 12.4. The number of amides is 3. The van der Waals surface area contributed by atoms with Gasteiger partial charge < -0.3 is 79.8 Å². The van der Waals surface area contributed by atoms with E-state index in [9.17, 15) is 43.6 Å². The fraction of sp³-hybridized carbons (Fsp3) is 0.204. The summed E-state index contributed by atoms with van der Waals surface area (Å²) >= 11 is 0. The van der Waals surface area contributed by atoms with Gasteiger partial charge in [0, 0.05) is 82.6 Å². The Hall–Kier alpha value is -16.1. The molecule has 7 heterocycles. The number of rotatable bonds is 28. The summed E-state index contributed by atoms with van der Waals surface area (Å²) in [6, 6.07) is 64.9. The molecule has 678 valence electrons. The normalized spacial score (nSPS) is 14.1. The first kappa shape index (κ1) is 90.3. The van der Waals surface area contributed by atoms with E-state index >= 15 is 0 Å². The number of halogens is 1. The number of nitrogens with two attached hydrogens (primary N) is 3. The number of ether oxygens (including phenoxy) is 5. The van der Waals surface area contributed by atoms with Gasteiger partial charge in [0.15, 0.2) is 34.4 Å². The Bertz CT molecular complexity index is 7110. The zero-order valence-electron chi connectivity index (χ0n) is 74.0. The molecule has 6 N–H and O–H groups in total. The number of methoxy groups -OCH3 is 1. The Labute approximate surface area is 762 Å². The Balaban J connectivity index is 0.000000145. The Morgan fingerprint density at radius 2 is 0.827 bits per heavy atom. The van der Waals surface area contributed by atoms with Crippen LogP contribution in [0.25, 0.3) is 67.6 Å². The molecule has 15 aromatic rings. The van der Waals surface area contributed by atoms with Crippen LogP contribution in [0, 0.1) is 16.2 Å². The summed E-state index contributed by atoms with van der Waals surface area (Å²) in [5.74, 6) is 3.13. The van der Waals surface area contributed by atoms with Crippen LogP contribution in [-0.2, 0) is 19.1 Å². The molecule has 2 atom stereocenters. The van der Waals surface area contributed by atoms with Crippen LogP contribution in [0.1, 0.15) is 25.7 Å². The number of carbonyl (C=O) groups excluding carboxylic acids is 3. The van der Waals surface area contributed by atoms with Crippen LogP contribution in [0.2, 0.25) is 0 Å². The van der Waals surface area contributed by atoms with E-state index in [1.807, 2.05) is 72.8 Å². The van der Waals surface area contributed by atoms with Crippen molar-refractivity contribution in [2.45, 2.75) is 37.8 Å². The molecule has 0 spiro atoms. The van der Waals surface area contributed by atoms with Crippen molar-refractivity contribution in [3.8, 4) is 74.4 Å². The van der Waals surface area contributed by atoms with Gasteiger partial charge in [-0.05, 0) is 182 Å². The van der Waals surface area contributed by atoms with E-state index in [1.54, 1.807) is 204 Å². The number of anilines is 6. The molecule has 1 aliphatic heterocycles. The number of para-hydroxylation sites is 2. The highest BCUT2D eigenvalue weighted by molar-refractivity contribution is 6.04. The Kier molecular flexibility index (Phi) is 26.3. The fourth-order valence-corrected chi connectivity index (χ4v) is 15.4. The lowest BCUT2D eigenvalue weighted by atomic mass is 10.2. The minimum atomic E-state index is -0.454.